The summed E-state index contributed by atoms with van der Waals surface area (Å²) >= 11 is 9.48. The smallest absolute Gasteiger partial charge is 0.260 e. The van der Waals surface area contributed by atoms with Gasteiger partial charge in [-0.3, -0.25) is 4.79 Å². The second-order valence-corrected chi connectivity index (χ2v) is 8.06. The Bertz CT molecular complexity index is 474. The Kier molecular flexibility index (Phi) is 7.01. The molecule has 0 radical (unpaired) electrons. The number of carbonyl (C=O) groups excluding carboxylic acids is 1. The number of carbonyl (C=O) groups is 1. The van der Waals surface area contributed by atoms with Gasteiger partial charge in [-0.1, -0.05) is 54.4 Å². The number of ether oxygens (including phenoxy) is 1. The second-order valence-electron chi connectivity index (χ2n) is 6.32. The average Bonchev–Trinajstić information content (AvgIpc) is 2.33. The maximum absolute atomic E-state index is 12.0. The number of rotatable bonds is 6. The van der Waals surface area contributed by atoms with Crippen molar-refractivity contribution in [1.29, 1.82) is 0 Å². The van der Waals surface area contributed by atoms with E-state index < -0.39 is 6.10 Å². The van der Waals surface area contributed by atoms with Gasteiger partial charge < -0.3 is 10.1 Å². The van der Waals surface area contributed by atoms with Crippen LogP contribution in [0.2, 0.25) is 5.02 Å². The van der Waals surface area contributed by atoms with Gasteiger partial charge in [-0.15, -0.1) is 0 Å². The predicted octanol–water partition coefficient (Wildman–Crippen LogP) is 4.42. The van der Waals surface area contributed by atoms with Crippen molar-refractivity contribution in [3.05, 3.63) is 29.3 Å². The Morgan fingerprint density at radius 2 is 2.10 bits per heavy atom. The van der Waals surface area contributed by atoms with Crippen molar-refractivity contribution in [1.82, 2.24) is 5.32 Å². The zero-order chi connectivity index (χ0) is 16.0. The molecule has 0 aliphatic carbocycles. The lowest BCUT2D eigenvalue weighted by molar-refractivity contribution is -0.127. The average molecular weight is 377 g/mol. The standard InChI is InChI=1S/C16H23BrClNO2/c1-11(21-14-7-5-6-13(18)8-14)15(20)19-10-12(17)9-16(2,3)4/h5-8,11-12H,9-10H2,1-4H3,(H,19,20). The minimum Gasteiger partial charge on any atom is -0.481 e. The largest absolute Gasteiger partial charge is 0.481 e. The molecule has 2 atom stereocenters. The van der Waals surface area contributed by atoms with Crippen LogP contribution in [-0.4, -0.2) is 23.4 Å². The van der Waals surface area contributed by atoms with E-state index in [-0.39, 0.29) is 16.1 Å². The summed E-state index contributed by atoms with van der Waals surface area (Å²) in [6, 6.07) is 7.03. The minimum absolute atomic E-state index is 0.131. The van der Waals surface area contributed by atoms with E-state index in [4.69, 9.17) is 16.3 Å². The fourth-order valence-electron chi connectivity index (χ4n) is 1.89. The molecule has 0 heterocycles. The highest BCUT2D eigenvalue weighted by Gasteiger charge is 2.19. The van der Waals surface area contributed by atoms with E-state index in [0.717, 1.165) is 6.42 Å². The van der Waals surface area contributed by atoms with Gasteiger partial charge in [0.25, 0.3) is 5.91 Å². The normalized spacial score (nSPS) is 14.4. The van der Waals surface area contributed by atoms with Crippen molar-refractivity contribution in [3.63, 3.8) is 0 Å². The first-order valence-electron chi connectivity index (χ1n) is 7.01. The molecule has 0 fully saturated rings. The van der Waals surface area contributed by atoms with E-state index in [1.54, 1.807) is 31.2 Å². The highest BCUT2D eigenvalue weighted by atomic mass is 79.9. The molecule has 0 saturated carbocycles. The van der Waals surface area contributed by atoms with E-state index >= 15 is 0 Å². The first-order valence-corrected chi connectivity index (χ1v) is 8.31. The van der Waals surface area contributed by atoms with Gasteiger partial charge in [-0.05, 0) is 37.0 Å². The van der Waals surface area contributed by atoms with Gasteiger partial charge >= 0.3 is 0 Å². The summed E-state index contributed by atoms with van der Waals surface area (Å²) in [5, 5.41) is 3.48. The van der Waals surface area contributed by atoms with Gasteiger partial charge in [-0.25, -0.2) is 0 Å². The summed E-state index contributed by atoms with van der Waals surface area (Å²) in [5.41, 5.74) is 0.224. The van der Waals surface area contributed by atoms with Crippen LogP contribution in [0, 0.1) is 5.41 Å². The fraction of sp³-hybridized carbons (Fsp3) is 0.562. The topological polar surface area (TPSA) is 38.3 Å². The molecule has 0 spiro atoms. The fourth-order valence-corrected chi connectivity index (χ4v) is 3.20. The van der Waals surface area contributed by atoms with Gasteiger partial charge in [0.2, 0.25) is 0 Å². The number of alkyl halides is 1. The molecule has 0 saturated heterocycles. The molecule has 1 aromatic carbocycles. The quantitative estimate of drug-likeness (QED) is 0.746. The van der Waals surface area contributed by atoms with Crippen LogP contribution in [0.3, 0.4) is 0 Å². The van der Waals surface area contributed by atoms with Crippen LogP contribution >= 0.6 is 27.5 Å². The third kappa shape index (κ3) is 7.72. The number of hydrogen-bond donors (Lipinski definition) is 1. The molecule has 0 aliphatic rings. The second kappa shape index (κ2) is 8.04. The van der Waals surface area contributed by atoms with Gasteiger partial charge in [0, 0.05) is 16.4 Å². The Hall–Kier alpha value is -0.740. The van der Waals surface area contributed by atoms with E-state index in [1.807, 2.05) is 0 Å². The highest BCUT2D eigenvalue weighted by Crippen LogP contribution is 2.24. The molecule has 5 heteroatoms. The van der Waals surface area contributed by atoms with Crippen LogP contribution in [0.5, 0.6) is 5.75 Å². The molecule has 21 heavy (non-hydrogen) atoms. The Morgan fingerprint density at radius 1 is 1.43 bits per heavy atom. The maximum Gasteiger partial charge on any atom is 0.260 e. The van der Waals surface area contributed by atoms with Gasteiger partial charge in [0.15, 0.2) is 6.10 Å². The minimum atomic E-state index is -0.558. The zero-order valence-corrected chi connectivity index (χ0v) is 15.3. The molecule has 1 aromatic rings. The summed E-state index contributed by atoms with van der Waals surface area (Å²) in [5.74, 6) is 0.462. The number of amides is 1. The number of nitrogens with one attached hydrogen (secondary N) is 1. The number of halogens is 2. The van der Waals surface area contributed by atoms with Gasteiger partial charge in [0.1, 0.15) is 5.75 Å². The Balaban J connectivity index is 2.41. The lowest BCUT2D eigenvalue weighted by Gasteiger charge is -2.23. The summed E-state index contributed by atoms with van der Waals surface area (Å²) in [7, 11) is 0. The van der Waals surface area contributed by atoms with Crippen LogP contribution in [0.25, 0.3) is 0 Å². The van der Waals surface area contributed by atoms with Crippen molar-refractivity contribution in [3.8, 4) is 5.75 Å². The first-order chi connectivity index (χ1) is 9.67. The van der Waals surface area contributed by atoms with Crippen LogP contribution in [0.1, 0.15) is 34.1 Å². The third-order valence-electron chi connectivity index (χ3n) is 2.81. The molecule has 1 rings (SSSR count). The molecule has 118 valence electrons. The molecule has 0 aromatic heterocycles. The van der Waals surface area contributed by atoms with E-state index in [2.05, 4.69) is 42.0 Å². The Morgan fingerprint density at radius 3 is 2.67 bits per heavy atom. The van der Waals surface area contributed by atoms with Crippen molar-refractivity contribution in [2.24, 2.45) is 5.41 Å². The molecule has 2 unspecified atom stereocenters. The van der Waals surface area contributed by atoms with Gasteiger partial charge in [0.05, 0.1) is 0 Å². The third-order valence-corrected chi connectivity index (χ3v) is 3.69. The van der Waals surface area contributed by atoms with Crippen molar-refractivity contribution < 1.29 is 9.53 Å². The molecule has 1 amide bonds. The summed E-state index contributed by atoms with van der Waals surface area (Å²) in [4.78, 5) is 12.3. The van der Waals surface area contributed by atoms with E-state index in [1.165, 1.54) is 0 Å². The molecule has 0 bridgehead atoms. The highest BCUT2D eigenvalue weighted by molar-refractivity contribution is 9.09. The van der Waals surface area contributed by atoms with Crippen molar-refractivity contribution >= 4 is 33.4 Å². The molecule has 0 aliphatic heterocycles. The van der Waals surface area contributed by atoms with Gasteiger partial charge in [-0.2, -0.15) is 0 Å². The molecule has 1 N–H and O–H groups in total. The van der Waals surface area contributed by atoms with E-state index in [9.17, 15) is 4.79 Å². The lowest BCUT2D eigenvalue weighted by Crippen LogP contribution is -2.39. The van der Waals surface area contributed by atoms with Crippen LogP contribution in [-0.2, 0) is 4.79 Å². The zero-order valence-electron chi connectivity index (χ0n) is 13.0. The summed E-state index contributed by atoms with van der Waals surface area (Å²) in [6.07, 6.45) is 0.425. The van der Waals surface area contributed by atoms with Crippen LogP contribution < -0.4 is 10.1 Å². The van der Waals surface area contributed by atoms with E-state index in [0.29, 0.717) is 17.3 Å². The summed E-state index contributed by atoms with van der Waals surface area (Å²) < 4.78 is 5.58. The monoisotopic (exact) mass is 375 g/mol. The van der Waals surface area contributed by atoms with Crippen LogP contribution in [0.15, 0.2) is 24.3 Å². The first kappa shape index (κ1) is 18.3. The maximum atomic E-state index is 12.0. The molecule has 3 nitrogen and oxygen atoms in total. The predicted molar refractivity (Wildman–Crippen MR) is 91.3 cm³/mol. The number of benzene rings is 1. The number of hydrogen-bond acceptors (Lipinski definition) is 2. The Labute approximate surface area is 140 Å². The summed E-state index contributed by atoms with van der Waals surface area (Å²) in [6.45, 7) is 8.83. The molecular formula is C16H23BrClNO2. The van der Waals surface area contributed by atoms with Crippen molar-refractivity contribution in [2.45, 2.75) is 45.0 Å². The van der Waals surface area contributed by atoms with Crippen molar-refractivity contribution in [2.75, 3.05) is 6.54 Å². The molecular weight excluding hydrogens is 354 g/mol. The lowest BCUT2D eigenvalue weighted by atomic mass is 9.90. The SMILES string of the molecule is CC(Oc1cccc(Cl)c1)C(=O)NCC(Br)CC(C)(C)C. The van der Waals surface area contributed by atoms with Crippen LogP contribution in [0.4, 0.5) is 0 Å².